The normalized spacial score (nSPS) is 12.7. The summed E-state index contributed by atoms with van der Waals surface area (Å²) >= 11 is 5.94. The molecule has 1 aromatic rings. The highest BCUT2D eigenvalue weighted by atomic mass is 35.5. The fraction of sp³-hybridized carbons (Fsp3) is 0.462. The first kappa shape index (κ1) is 17.6. The molecule has 0 saturated heterocycles. The number of halogens is 1. The molecule has 21 heavy (non-hydrogen) atoms. The Morgan fingerprint density at radius 3 is 2.33 bits per heavy atom. The zero-order valence-corrected chi connectivity index (χ0v) is 14.2. The summed E-state index contributed by atoms with van der Waals surface area (Å²) in [6.07, 6.45) is 1.03. The summed E-state index contributed by atoms with van der Waals surface area (Å²) in [5.74, 6) is -0.0225. The first-order chi connectivity index (χ1) is 9.59. The molecule has 0 spiro atoms. The molecule has 1 unspecified atom stereocenters. The van der Waals surface area contributed by atoms with Crippen LogP contribution in [0.25, 0.3) is 0 Å². The Morgan fingerprint density at radius 2 is 1.90 bits per heavy atom. The van der Waals surface area contributed by atoms with Gasteiger partial charge in [0.15, 0.2) is 0 Å². The van der Waals surface area contributed by atoms with Crippen LogP contribution in [0.1, 0.15) is 6.92 Å². The number of ether oxygens (including phenoxy) is 1. The fourth-order valence-electron chi connectivity index (χ4n) is 1.98. The van der Waals surface area contributed by atoms with Crippen LogP contribution in [0, 0.1) is 0 Å². The molecule has 1 amide bonds. The van der Waals surface area contributed by atoms with Gasteiger partial charge in [-0.25, -0.2) is 8.42 Å². The second-order valence-corrected chi connectivity index (χ2v) is 7.08. The van der Waals surface area contributed by atoms with Crippen molar-refractivity contribution in [3.8, 4) is 5.75 Å². The van der Waals surface area contributed by atoms with Gasteiger partial charge in [0.1, 0.15) is 11.8 Å². The molecular formula is C13H19ClN2O4S. The monoisotopic (exact) mass is 334 g/mol. The number of sulfonamides is 1. The minimum atomic E-state index is -3.70. The zero-order chi connectivity index (χ0) is 16.4. The summed E-state index contributed by atoms with van der Waals surface area (Å²) < 4.78 is 30.5. The quantitative estimate of drug-likeness (QED) is 0.820. The topological polar surface area (TPSA) is 66.9 Å². The van der Waals surface area contributed by atoms with E-state index in [1.807, 2.05) is 0 Å². The van der Waals surface area contributed by atoms with E-state index in [4.69, 9.17) is 16.3 Å². The third-order valence-corrected chi connectivity index (χ3v) is 4.35. The van der Waals surface area contributed by atoms with Crippen LogP contribution in [0.4, 0.5) is 5.69 Å². The molecule has 0 aromatic heterocycles. The van der Waals surface area contributed by atoms with Gasteiger partial charge < -0.3 is 9.64 Å². The molecule has 0 bridgehead atoms. The fourth-order valence-corrected chi connectivity index (χ4v) is 3.31. The maximum absolute atomic E-state index is 12.1. The van der Waals surface area contributed by atoms with E-state index in [0.717, 1.165) is 10.6 Å². The molecule has 8 heteroatoms. The van der Waals surface area contributed by atoms with E-state index >= 15 is 0 Å². The molecule has 1 aromatic carbocycles. The molecule has 0 fully saturated rings. The maximum Gasteiger partial charge on any atom is 0.245 e. The van der Waals surface area contributed by atoms with E-state index in [1.165, 1.54) is 25.0 Å². The van der Waals surface area contributed by atoms with Gasteiger partial charge in [0.05, 0.1) is 19.1 Å². The van der Waals surface area contributed by atoms with Crippen molar-refractivity contribution in [1.29, 1.82) is 0 Å². The number of rotatable bonds is 5. The number of anilines is 1. The third kappa shape index (κ3) is 4.01. The number of hydrogen-bond acceptors (Lipinski definition) is 4. The van der Waals surface area contributed by atoms with Gasteiger partial charge in [0.25, 0.3) is 0 Å². The Bertz CT molecular complexity index is 631. The molecule has 0 N–H and O–H groups in total. The van der Waals surface area contributed by atoms with E-state index in [1.54, 1.807) is 26.2 Å². The van der Waals surface area contributed by atoms with Crippen molar-refractivity contribution in [2.75, 3.05) is 31.8 Å². The zero-order valence-electron chi connectivity index (χ0n) is 12.6. The van der Waals surface area contributed by atoms with Crippen LogP contribution in [0.3, 0.4) is 0 Å². The summed E-state index contributed by atoms with van der Waals surface area (Å²) in [6.45, 7) is 1.52. The maximum atomic E-state index is 12.1. The van der Waals surface area contributed by atoms with Gasteiger partial charge in [0, 0.05) is 19.1 Å². The van der Waals surface area contributed by atoms with E-state index in [9.17, 15) is 13.2 Å². The lowest BCUT2D eigenvalue weighted by Crippen LogP contribution is -2.47. The van der Waals surface area contributed by atoms with Crippen molar-refractivity contribution in [1.82, 2.24) is 4.90 Å². The van der Waals surface area contributed by atoms with Crippen LogP contribution in [0.2, 0.25) is 5.02 Å². The molecule has 0 aliphatic rings. The van der Waals surface area contributed by atoms with Crippen LogP contribution >= 0.6 is 11.6 Å². The number of carbonyl (C=O) groups excluding carboxylic acids is 1. The number of hydrogen-bond donors (Lipinski definition) is 0. The SMILES string of the molecule is COc1ccc(Cl)cc1N(C(C)C(=O)N(C)C)S(C)(=O)=O. The minimum absolute atomic E-state index is 0.232. The number of methoxy groups -OCH3 is 1. The summed E-state index contributed by atoms with van der Waals surface area (Å²) in [6, 6.07) is 3.69. The second-order valence-electron chi connectivity index (χ2n) is 4.78. The molecule has 0 radical (unpaired) electrons. The van der Waals surface area contributed by atoms with Gasteiger partial charge in [0.2, 0.25) is 15.9 Å². The highest BCUT2D eigenvalue weighted by molar-refractivity contribution is 7.92. The molecule has 0 aliphatic carbocycles. The average Bonchev–Trinajstić information content (AvgIpc) is 2.36. The van der Waals surface area contributed by atoms with Gasteiger partial charge >= 0.3 is 0 Å². The molecule has 0 heterocycles. The molecule has 0 saturated carbocycles. The Kier molecular flexibility index (Phi) is 5.47. The Morgan fingerprint density at radius 1 is 1.33 bits per heavy atom. The first-order valence-corrected chi connectivity index (χ1v) is 8.36. The molecule has 6 nitrogen and oxygen atoms in total. The van der Waals surface area contributed by atoms with E-state index in [2.05, 4.69) is 0 Å². The molecule has 1 atom stereocenters. The predicted octanol–water partition coefficient (Wildman–Crippen LogP) is 1.59. The Balaban J connectivity index is 3.47. The van der Waals surface area contributed by atoms with Gasteiger partial charge in [-0.1, -0.05) is 11.6 Å². The standard InChI is InChI=1S/C13H19ClN2O4S/c1-9(13(17)15(2)3)16(21(5,18)19)11-8-10(14)6-7-12(11)20-4/h6-9H,1-5H3. The molecule has 1 rings (SSSR count). The van der Waals surface area contributed by atoms with Crippen LogP contribution in [-0.2, 0) is 14.8 Å². The highest BCUT2D eigenvalue weighted by Gasteiger charge is 2.32. The largest absolute Gasteiger partial charge is 0.495 e. The smallest absolute Gasteiger partial charge is 0.245 e. The van der Waals surface area contributed by atoms with Crippen molar-refractivity contribution >= 4 is 33.2 Å². The summed E-state index contributed by atoms with van der Waals surface area (Å²) in [5, 5.41) is 0.351. The Labute approximate surface area is 130 Å². The van der Waals surface area contributed by atoms with Crippen molar-refractivity contribution in [3.05, 3.63) is 23.2 Å². The molecular weight excluding hydrogens is 316 g/mol. The number of likely N-dealkylation sites (N-methyl/N-ethyl adjacent to an activating group) is 1. The van der Waals surface area contributed by atoms with E-state index in [0.29, 0.717) is 10.8 Å². The third-order valence-electron chi connectivity index (χ3n) is 2.89. The summed E-state index contributed by atoms with van der Waals surface area (Å²) in [7, 11) is 0.852. The number of amides is 1. The van der Waals surface area contributed by atoms with Gasteiger partial charge in [-0.05, 0) is 25.1 Å². The summed E-state index contributed by atoms with van der Waals surface area (Å²) in [5.41, 5.74) is 0.232. The van der Waals surface area contributed by atoms with Crippen LogP contribution in [0.5, 0.6) is 5.75 Å². The van der Waals surface area contributed by atoms with E-state index < -0.39 is 16.1 Å². The van der Waals surface area contributed by atoms with Crippen molar-refractivity contribution in [2.24, 2.45) is 0 Å². The van der Waals surface area contributed by atoms with Gasteiger partial charge in [-0.2, -0.15) is 0 Å². The van der Waals surface area contributed by atoms with Crippen molar-refractivity contribution in [3.63, 3.8) is 0 Å². The summed E-state index contributed by atoms with van der Waals surface area (Å²) in [4.78, 5) is 13.5. The van der Waals surface area contributed by atoms with Crippen molar-refractivity contribution < 1.29 is 17.9 Å². The van der Waals surface area contributed by atoms with Crippen LogP contribution in [0.15, 0.2) is 18.2 Å². The highest BCUT2D eigenvalue weighted by Crippen LogP contribution is 2.34. The lowest BCUT2D eigenvalue weighted by molar-refractivity contribution is -0.129. The average molecular weight is 335 g/mol. The molecule has 0 aliphatic heterocycles. The van der Waals surface area contributed by atoms with Gasteiger partial charge in [-0.15, -0.1) is 0 Å². The molecule has 118 valence electrons. The first-order valence-electron chi connectivity index (χ1n) is 6.13. The van der Waals surface area contributed by atoms with E-state index in [-0.39, 0.29) is 11.6 Å². The van der Waals surface area contributed by atoms with Crippen LogP contribution in [-0.4, -0.2) is 52.7 Å². The van der Waals surface area contributed by atoms with Gasteiger partial charge in [-0.3, -0.25) is 9.10 Å². The number of benzene rings is 1. The number of nitrogens with zero attached hydrogens (tertiary/aromatic N) is 2. The lowest BCUT2D eigenvalue weighted by atomic mass is 10.2. The van der Waals surface area contributed by atoms with Crippen molar-refractivity contribution in [2.45, 2.75) is 13.0 Å². The minimum Gasteiger partial charge on any atom is -0.495 e. The lowest BCUT2D eigenvalue weighted by Gasteiger charge is -2.30. The Hall–Kier alpha value is -1.47. The number of carbonyl (C=O) groups is 1. The predicted molar refractivity (Wildman–Crippen MR) is 83.5 cm³/mol. The second kappa shape index (κ2) is 6.53. The van der Waals surface area contributed by atoms with Crippen LogP contribution < -0.4 is 9.04 Å².